The maximum absolute atomic E-state index is 13.0. The molecule has 3 atom stereocenters. The first-order chi connectivity index (χ1) is 11.9. The molecular weight excluding hydrogens is 328 g/mol. The summed E-state index contributed by atoms with van der Waals surface area (Å²) in [5, 5.41) is 21.8. The summed E-state index contributed by atoms with van der Waals surface area (Å²) >= 11 is 0. The van der Waals surface area contributed by atoms with Gasteiger partial charge in [-0.3, -0.25) is 9.59 Å². The number of hydrogen-bond acceptors (Lipinski definition) is 4. The van der Waals surface area contributed by atoms with E-state index in [1.807, 2.05) is 33.8 Å². The first kappa shape index (κ1) is 22.6. The van der Waals surface area contributed by atoms with Gasteiger partial charge in [-0.05, 0) is 45.4 Å². The van der Waals surface area contributed by atoms with Crippen molar-refractivity contribution < 1.29 is 19.8 Å². The van der Waals surface area contributed by atoms with Crippen LogP contribution >= 0.6 is 0 Å². The SMILES string of the molecule is CC(C)=CCC(O)C1(C)C(O)=C(C(=O)CC(C)C)C(=O)[C@H]1CCC(C)C. The molecule has 0 saturated carbocycles. The van der Waals surface area contributed by atoms with Crippen molar-refractivity contribution in [1.29, 1.82) is 0 Å². The van der Waals surface area contributed by atoms with Gasteiger partial charge in [0.05, 0.1) is 17.1 Å². The van der Waals surface area contributed by atoms with Crippen LogP contribution in [-0.2, 0) is 9.59 Å². The molecule has 26 heavy (non-hydrogen) atoms. The average Bonchev–Trinajstić information content (AvgIpc) is 2.69. The third kappa shape index (κ3) is 4.85. The van der Waals surface area contributed by atoms with Gasteiger partial charge in [-0.1, -0.05) is 45.8 Å². The molecule has 1 rings (SSSR count). The zero-order chi connectivity index (χ0) is 20.2. The zero-order valence-corrected chi connectivity index (χ0v) is 17.4. The van der Waals surface area contributed by atoms with Crippen molar-refractivity contribution in [3.05, 3.63) is 23.0 Å². The van der Waals surface area contributed by atoms with Crippen molar-refractivity contribution in [3.8, 4) is 0 Å². The lowest BCUT2D eigenvalue weighted by molar-refractivity contribution is -0.126. The minimum absolute atomic E-state index is 0.0776. The van der Waals surface area contributed by atoms with Crippen LogP contribution in [0.2, 0.25) is 0 Å². The molecule has 2 N–H and O–H groups in total. The minimum Gasteiger partial charge on any atom is -0.511 e. The summed E-state index contributed by atoms with van der Waals surface area (Å²) in [5.41, 5.74) is -0.124. The van der Waals surface area contributed by atoms with Gasteiger partial charge in [0.25, 0.3) is 0 Å². The molecule has 4 heteroatoms. The van der Waals surface area contributed by atoms with E-state index in [0.29, 0.717) is 18.8 Å². The van der Waals surface area contributed by atoms with Gasteiger partial charge >= 0.3 is 0 Å². The monoisotopic (exact) mass is 364 g/mol. The summed E-state index contributed by atoms with van der Waals surface area (Å²) in [4.78, 5) is 25.6. The van der Waals surface area contributed by atoms with E-state index < -0.39 is 17.4 Å². The Balaban J connectivity index is 3.31. The Morgan fingerprint density at radius 3 is 2.23 bits per heavy atom. The fraction of sp³-hybridized carbons (Fsp3) is 0.727. The summed E-state index contributed by atoms with van der Waals surface area (Å²) in [7, 11) is 0. The van der Waals surface area contributed by atoms with E-state index in [2.05, 4.69) is 13.8 Å². The standard InChI is InChI=1S/C22H36O4/c1-13(2)8-10-16-20(25)19(17(23)12-15(5)6)21(26)22(16,7)18(24)11-9-14(3)4/h9,13,15-16,18,24,26H,8,10-12H2,1-7H3/t16-,18?,22?/m1/s1. The molecule has 0 aromatic heterocycles. The van der Waals surface area contributed by atoms with Crippen LogP contribution in [0.4, 0.5) is 0 Å². The van der Waals surface area contributed by atoms with Crippen molar-refractivity contribution in [2.24, 2.45) is 23.2 Å². The number of aliphatic hydroxyl groups is 2. The topological polar surface area (TPSA) is 74.6 Å². The quantitative estimate of drug-likeness (QED) is 0.456. The molecule has 0 aromatic carbocycles. The molecule has 1 aliphatic rings. The number of rotatable bonds is 9. The van der Waals surface area contributed by atoms with E-state index in [4.69, 9.17) is 0 Å². The smallest absolute Gasteiger partial charge is 0.174 e. The summed E-state index contributed by atoms with van der Waals surface area (Å²) in [5.74, 6) is -0.873. The Bertz CT molecular complexity index is 593. The number of carbonyl (C=O) groups is 2. The highest BCUT2D eigenvalue weighted by Gasteiger charge is 2.55. The number of hydrogen-bond donors (Lipinski definition) is 2. The third-order valence-corrected chi connectivity index (χ3v) is 5.38. The zero-order valence-electron chi connectivity index (χ0n) is 17.4. The van der Waals surface area contributed by atoms with Crippen molar-refractivity contribution >= 4 is 11.6 Å². The summed E-state index contributed by atoms with van der Waals surface area (Å²) in [6.45, 7) is 13.6. The van der Waals surface area contributed by atoms with Crippen molar-refractivity contribution in [2.45, 2.75) is 80.3 Å². The van der Waals surface area contributed by atoms with Gasteiger partial charge in [-0.25, -0.2) is 0 Å². The fourth-order valence-corrected chi connectivity index (χ4v) is 3.65. The van der Waals surface area contributed by atoms with Gasteiger partial charge in [0.15, 0.2) is 11.6 Å². The summed E-state index contributed by atoms with van der Waals surface area (Å²) < 4.78 is 0. The fourth-order valence-electron chi connectivity index (χ4n) is 3.65. The van der Waals surface area contributed by atoms with E-state index >= 15 is 0 Å². The van der Waals surface area contributed by atoms with Crippen LogP contribution in [0.25, 0.3) is 0 Å². The molecule has 1 aliphatic carbocycles. The van der Waals surface area contributed by atoms with Gasteiger partial charge in [0, 0.05) is 12.3 Å². The Hall–Kier alpha value is -1.42. The van der Waals surface area contributed by atoms with Crippen LogP contribution in [0.5, 0.6) is 0 Å². The second-order valence-corrected chi connectivity index (χ2v) is 8.95. The minimum atomic E-state index is -1.11. The number of ketones is 2. The second kappa shape index (κ2) is 8.98. The van der Waals surface area contributed by atoms with Crippen LogP contribution < -0.4 is 0 Å². The Morgan fingerprint density at radius 2 is 1.77 bits per heavy atom. The summed E-state index contributed by atoms with van der Waals surface area (Å²) in [6, 6.07) is 0. The highest BCUT2D eigenvalue weighted by atomic mass is 16.3. The van der Waals surface area contributed by atoms with E-state index in [1.165, 1.54) is 0 Å². The van der Waals surface area contributed by atoms with Gasteiger partial charge < -0.3 is 10.2 Å². The molecule has 4 nitrogen and oxygen atoms in total. The highest BCUT2D eigenvalue weighted by Crippen LogP contribution is 2.50. The molecule has 0 bridgehead atoms. The van der Waals surface area contributed by atoms with Gasteiger partial charge in [0.1, 0.15) is 5.76 Å². The molecule has 0 aliphatic heterocycles. The van der Waals surface area contributed by atoms with E-state index in [1.54, 1.807) is 6.92 Å². The predicted octanol–water partition coefficient (Wildman–Crippen LogP) is 4.77. The first-order valence-electron chi connectivity index (χ1n) is 9.75. The predicted molar refractivity (Wildman–Crippen MR) is 105 cm³/mol. The molecule has 0 spiro atoms. The number of carbonyl (C=O) groups excluding carboxylic acids is 2. The van der Waals surface area contributed by atoms with Crippen LogP contribution in [-0.4, -0.2) is 27.9 Å². The lowest BCUT2D eigenvalue weighted by atomic mass is 9.70. The maximum Gasteiger partial charge on any atom is 0.174 e. The number of allylic oxidation sites excluding steroid dienone is 2. The molecule has 148 valence electrons. The van der Waals surface area contributed by atoms with Gasteiger partial charge in [-0.15, -0.1) is 0 Å². The lowest BCUT2D eigenvalue weighted by Crippen LogP contribution is -2.40. The van der Waals surface area contributed by atoms with E-state index in [-0.39, 0.29) is 35.2 Å². The molecule has 0 aromatic rings. The van der Waals surface area contributed by atoms with E-state index in [0.717, 1.165) is 12.0 Å². The van der Waals surface area contributed by atoms with Crippen LogP contribution in [0.1, 0.15) is 74.1 Å². The van der Waals surface area contributed by atoms with Crippen molar-refractivity contribution in [2.75, 3.05) is 0 Å². The van der Waals surface area contributed by atoms with Gasteiger partial charge in [0.2, 0.25) is 0 Å². The normalized spacial score (nSPS) is 24.5. The Kier molecular flexibility index (Phi) is 7.82. The van der Waals surface area contributed by atoms with Gasteiger partial charge in [-0.2, -0.15) is 0 Å². The lowest BCUT2D eigenvalue weighted by Gasteiger charge is -2.35. The third-order valence-electron chi connectivity index (χ3n) is 5.38. The average molecular weight is 365 g/mol. The van der Waals surface area contributed by atoms with E-state index in [9.17, 15) is 19.8 Å². The Morgan fingerprint density at radius 1 is 1.19 bits per heavy atom. The maximum atomic E-state index is 13.0. The van der Waals surface area contributed by atoms with Crippen molar-refractivity contribution in [1.82, 2.24) is 0 Å². The molecule has 0 saturated heterocycles. The molecule has 2 unspecified atom stereocenters. The highest BCUT2D eigenvalue weighted by molar-refractivity contribution is 6.23. The van der Waals surface area contributed by atoms with Crippen LogP contribution in [0.3, 0.4) is 0 Å². The van der Waals surface area contributed by atoms with Crippen LogP contribution in [0, 0.1) is 23.2 Å². The molecule has 0 fully saturated rings. The largest absolute Gasteiger partial charge is 0.511 e. The Labute approximate surface area is 158 Å². The molecular formula is C22H36O4. The van der Waals surface area contributed by atoms with Crippen molar-refractivity contribution in [3.63, 3.8) is 0 Å². The summed E-state index contributed by atoms with van der Waals surface area (Å²) in [6.07, 6.45) is 2.92. The second-order valence-electron chi connectivity index (χ2n) is 8.95. The molecule has 0 heterocycles. The van der Waals surface area contributed by atoms with Crippen LogP contribution in [0.15, 0.2) is 23.0 Å². The molecule has 0 amide bonds. The first-order valence-corrected chi connectivity index (χ1v) is 9.75. The number of Topliss-reactive ketones (excluding diaryl/α,β-unsaturated/α-hetero) is 2. The molecule has 0 radical (unpaired) electrons. The number of aliphatic hydroxyl groups excluding tert-OH is 2.